The van der Waals surface area contributed by atoms with Gasteiger partial charge < -0.3 is 15.1 Å². The molecule has 0 aromatic carbocycles. The van der Waals surface area contributed by atoms with Gasteiger partial charge in [0.05, 0.1) is 6.04 Å². The van der Waals surface area contributed by atoms with Crippen LogP contribution in [0.25, 0.3) is 0 Å². The molecule has 4 saturated carbocycles. The van der Waals surface area contributed by atoms with Crippen LogP contribution in [0.4, 0.5) is 0 Å². The first-order chi connectivity index (χ1) is 12.8. The third kappa shape index (κ3) is 3.65. The van der Waals surface area contributed by atoms with Gasteiger partial charge in [0.25, 0.3) is 0 Å². The Morgan fingerprint density at radius 1 is 1.15 bits per heavy atom. The summed E-state index contributed by atoms with van der Waals surface area (Å²) in [5.74, 6) is 4.13. The van der Waals surface area contributed by atoms with Crippen LogP contribution in [-0.4, -0.2) is 18.4 Å². The average Bonchev–Trinajstić information content (AvgIpc) is 2.92. The van der Waals surface area contributed by atoms with E-state index in [-0.39, 0.29) is 23.3 Å². The fourth-order valence-corrected chi connectivity index (χ4v) is 6.34. The Kier molecular flexibility index (Phi) is 4.81. The Hall–Kier alpha value is -1.78. The van der Waals surface area contributed by atoms with E-state index in [1.807, 2.05) is 26.8 Å². The highest BCUT2D eigenvalue weighted by Gasteiger charge is 2.54. The van der Waals surface area contributed by atoms with Crippen LogP contribution in [0.1, 0.15) is 75.0 Å². The number of hydrogen-bond donors (Lipinski definition) is 2. The number of carbonyl (C=O) groups is 2. The van der Waals surface area contributed by atoms with Gasteiger partial charge in [-0.1, -0.05) is 0 Å². The summed E-state index contributed by atoms with van der Waals surface area (Å²) >= 11 is 0. The van der Waals surface area contributed by atoms with E-state index in [0.29, 0.717) is 13.0 Å². The largest absolute Gasteiger partial charge is 0.466 e. The minimum atomic E-state index is -0.135. The Balaban J connectivity index is 1.25. The summed E-state index contributed by atoms with van der Waals surface area (Å²) in [5.41, 5.74) is 0.877. The van der Waals surface area contributed by atoms with E-state index >= 15 is 0 Å². The SMILES string of the molecule is Cc1cc(C(C)NC(=O)CCNC(=O)C23CC4CC(CC(C4)C2)C3)c(C)o1. The molecule has 1 aromatic heterocycles. The highest BCUT2D eigenvalue weighted by molar-refractivity contribution is 5.84. The normalized spacial score (nSPS) is 32.3. The molecule has 0 saturated heterocycles. The minimum Gasteiger partial charge on any atom is -0.466 e. The molecule has 0 spiro atoms. The van der Waals surface area contributed by atoms with Gasteiger partial charge in [0.1, 0.15) is 11.5 Å². The van der Waals surface area contributed by atoms with Gasteiger partial charge in [-0.25, -0.2) is 0 Å². The molecular weight excluding hydrogens is 340 g/mol. The van der Waals surface area contributed by atoms with Gasteiger partial charge in [-0.2, -0.15) is 0 Å². The van der Waals surface area contributed by atoms with E-state index in [9.17, 15) is 9.59 Å². The van der Waals surface area contributed by atoms with Gasteiger partial charge in [0.2, 0.25) is 11.8 Å². The number of carbonyl (C=O) groups excluding carboxylic acids is 2. The number of rotatable bonds is 6. The molecule has 5 nitrogen and oxygen atoms in total. The van der Waals surface area contributed by atoms with Gasteiger partial charge in [-0.05, 0) is 83.1 Å². The van der Waals surface area contributed by atoms with Crippen LogP contribution in [0.5, 0.6) is 0 Å². The summed E-state index contributed by atoms with van der Waals surface area (Å²) < 4.78 is 5.54. The predicted octanol–water partition coefficient (Wildman–Crippen LogP) is 3.80. The van der Waals surface area contributed by atoms with Crippen molar-refractivity contribution in [2.45, 2.75) is 71.8 Å². The smallest absolute Gasteiger partial charge is 0.226 e. The minimum absolute atomic E-state index is 0.0356. The topological polar surface area (TPSA) is 71.3 Å². The zero-order valence-electron chi connectivity index (χ0n) is 16.8. The highest BCUT2D eigenvalue weighted by Crippen LogP contribution is 2.60. The fraction of sp³-hybridized carbons (Fsp3) is 0.727. The Morgan fingerprint density at radius 2 is 1.74 bits per heavy atom. The zero-order valence-corrected chi connectivity index (χ0v) is 16.8. The number of hydrogen-bond acceptors (Lipinski definition) is 3. The third-order valence-corrected chi connectivity index (χ3v) is 7.08. The number of furan rings is 1. The molecule has 0 radical (unpaired) electrons. The Labute approximate surface area is 161 Å². The summed E-state index contributed by atoms with van der Waals surface area (Å²) in [4.78, 5) is 25.2. The zero-order chi connectivity index (χ0) is 19.2. The monoisotopic (exact) mass is 372 g/mol. The molecule has 5 rings (SSSR count). The van der Waals surface area contributed by atoms with Gasteiger partial charge in [0.15, 0.2) is 0 Å². The molecule has 5 heteroatoms. The molecule has 4 aliphatic carbocycles. The number of nitrogens with one attached hydrogen (secondary N) is 2. The van der Waals surface area contributed by atoms with E-state index in [1.165, 1.54) is 19.3 Å². The van der Waals surface area contributed by atoms with Gasteiger partial charge in [-0.3, -0.25) is 9.59 Å². The second-order valence-electron chi connectivity index (χ2n) is 9.36. The molecule has 4 aliphatic rings. The molecule has 2 N–H and O–H groups in total. The molecule has 148 valence electrons. The molecule has 27 heavy (non-hydrogen) atoms. The van der Waals surface area contributed by atoms with Crippen molar-refractivity contribution in [3.8, 4) is 0 Å². The van der Waals surface area contributed by atoms with E-state index in [1.54, 1.807) is 0 Å². The number of aryl methyl sites for hydroxylation is 2. The van der Waals surface area contributed by atoms with Crippen molar-refractivity contribution in [1.29, 1.82) is 0 Å². The van der Waals surface area contributed by atoms with Gasteiger partial charge in [0, 0.05) is 23.9 Å². The second kappa shape index (κ2) is 6.99. The quantitative estimate of drug-likeness (QED) is 0.798. The van der Waals surface area contributed by atoms with E-state index in [4.69, 9.17) is 4.42 Å². The Morgan fingerprint density at radius 3 is 2.26 bits per heavy atom. The lowest BCUT2D eigenvalue weighted by molar-refractivity contribution is -0.146. The van der Waals surface area contributed by atoms with Crippen LogP contribution < -0.4 is 10.6 Å². The van der Waals surface area contributed by atoms with Crippen LogP contribution >= 0.6 is 0 Å². The first kappa shape index (κ1) is 18.6. The lowest BCUT2D eigenvalue weighted by Crippen LogP contribution is -2.53. The molecule has 1 aromatic rings. The molecule has 1 atom stereocenters. The molecule has 0 aliphatic heterocycles. The molecule has 1 unspecified atom stereocenters. The standard InChI is InChI=1S/C22H32N2O3/c1-13-6-19(15(3)27-13)14(2)24-20(25)4-5-23-21(26)22-10-16-7-17(11-22)9-18(8-16)12-22/h6,14,16-18H,4-5,7-12H2,1-3H3,(H,23,26)(H,24,25). The van der Waals surface area contributed by atoms with Crippen molar-refractivity contribution in [2.75, 3.05) is 6.54 Å². The van der Waals surface area contributed by atoms with E-state index < -0.39 is 0 Å². The highest BCUT2D eigenvalue weighted by atomic mass is 16.3. The average molecular weight is 373 g/mol. The summed E-state index contributed by atoms with van der Waals surface area (Å²) in [6, 6.07) is 1.88. The van der Waals surface area contributed by atoms with Crippen LogP contribution in [0.15, 0.2) is 10.5 Å². The molecule has 4 bridgehead atoms. The van der Waals surface area contributed by atoms with E-state index in [0.717, 1.165) is 54.1 Å². The molecular formula is C22H32N2O3. The van der Waals surface area contributed by atoms with Crippen molar-refractivity contribution >= 4 is 11.8 Å². The van der Waals surface area contributed by atoms with Crippen molar-refractivity contribution in [1.82, 2.24) is 10.6 Å². The van der Waals surface area contributed by atoms with Gasteiger partial charge in [-0.15, -0.1) is 0 Å². The number of amides is 2. The summed E-state index contributed by atoms with van der Waals surface area (Å²) in [7, 11) is 0. The first-order valence-corrected chi connectivity index (χ1v) is 10.5. The fourth-order valence-electron chi connectivity index (χ4n) is 6.34. The summed E-state index contributed by atoms with van der Waals surface area (Å²) in [6.07, 6.45) is 7.51. The molecule has 1 heterocycles. The van der Waals surface area contributed by atoms with Crippen molar-refractivity contribution in [2.24, 2.45) is 23.2 Å². The van der Waals surface area contributed by atoms with Crippen LogP contribution in [0.3, 0.4) is 0 Å². The predicted molar refractivity (Wildman–Crippen MR) is 103 cm³/mol. The molecule has 2 amide bonds. The lowest BCUT2D eigenvalue weighted by Gasteiger charge is -2.55. The maximum absolute atomic E-state index is 12.9. The van der Waals surface area contributed by atoms with Crippen molar-refractivity contribution in [3.63, 3.8) is 0 Å². The summed E-state index contributed by atoms with van der Waals surface area (Å²) in [6.45, 7) is 6.20. The maximum atomic E-state index is 12.9. The lowest BCUT2D eigenvalue weighted by atomic mass is 9.49. The van der Waals surface area contributed by atoms with Crippen LogP contribution in [-0.2, 0) is 9.59 Å². The van der Waals surface area contributed by atoms with Gasteiger partial charge >= 0.3 is 0 Å². The van der Waals surface area contributed by atoms with Crippen molar-refractivity contribution in [3.05, 3.63) is 23.2 Å². The third-order valence-electron chi connectivity index (χ3n) is 7.08. The molecule has 4 fully saturated rings. The van der Waals surface area contributed by atoms with E-state index in [2.05, 4.69) is 10.6 Å². The summed E-state index contributed by atoms with van der Waals surface area (Å²) in [5, 5.41) is 6.09. The van der Waals surface area contributed by atoms with Crippen LogP contribution in [0.2, 0.25) is 0 Å². The van der Waals surface area contributed by atoms with Crippen molar-refractivity contribution < 1.29 is 14.0 Å². The maximum Gasteiger partial charge on any atom is 0.226 e. The Bertz CT molecular complexity index is 701. The van der Waals surface area contributed by atoms with Crippen LogP contribution in [0, 0.1) is 37.0 Å². The first-order valence-electron chi connectivity index (χ1n) is 10.5. The second-order valence-corrected chi connectivity index (χ2v) is 9.36.